The van der Waals surface area contributed by atoms with Gasteiger partial charge in [-0.3, -0.25) is 0 Å². The molecule has 1 rings (SSSR count). The lowest BCUT2D eigenvalue weighted by Gasteiger charge is -2.09. The third kappa shape index (κ3) is 3.81. The van der Waals surface area contributed by atoms with Crippen molar-refractivity contribution in [1.29, 1.82) is 0 Å². The van der Waals surface area contributed by atoms with Crippen molar-refractivity contribution in [2.75, 3.05) is 13.3 Å². The van der Waals surface area contributed by atoms with Gasteiger partial charge in [-0.1, -0.05) is 6.07 Å². The van der Waals surface area contributed by atoms with Crippen molar-refractivity contribution in [3.63, 3.8) is 0 Å². The van der Waals surface area contributed by atoms with Gasteiger partial charge in [0.05, 0.1) is 0 Å². The molecule has 88 valence electrons. The van der Waals surface area contributed by atoms with Crippen LogP contribution >= 0.6 is 0 Å². The maximum atomic E-state index is 11.1. The van der Waals surface area contributed by atoms with Gasteiger partial charge in [0.1, 0.15) is 5.75 Å². The molecule has 0 fully saturated rings. The molecule has 0 unspecified atom stereocenters. The van der Waals surface area contributed by atoms with Gasteiger partial charge >= 0.3 is 6.03 Å². The Hall–Kier alpha value is -1.71. The lowest BCUT2D eigenvalue weighted by Crippen LogP contribution is -2.37. The van der Waals surface area contributed by atoms with Crippen LogP contribution in [0.15, 0.2) is 18.2 Å². The molecular weight excluding hydrogens is 204 g/mol. The Morgan fingerprint density at radius 1 is 1.25 bits per heavy atom. The fraction of sp³-hybridized carbons (Fsp3) is 0.417. The maximum Gasteiger partial charge on any atom is 0.317 e. The van der Waals surface area contributed by atoms with Gasteiger partial charge in [0.25, 0.3) is 0 Å². The monoisotopic (exact) mass is 222 g/mol. The molecule has 0 aliphatic rings. The summed E-state index contributed by atoms with van der Waals surface area (Å²) >= 11 is 0. The quantitative estimate of drug-likeness (QED) is 0.765. The van der Waals surface area contributed by atoms with Crippen molar-refractivity contribution < 1.29 is 9.53 Å². The molecule has 0 saturated heterocycles. The third-order valence-corrected chi connectivity index (χ3v) is 2.29. The first-order chi connectivity index (χ1) is 7.63. The molecule has 16 heavy (non-hydrogen) atoms. The van der Waals surface area contributed by atoms with E-state index in [1.165, 1.54) is 11.1 Å². The minimum Gasteiger partial charge on any atom is -0.473 e. The van der Waals surface area contributed by atoms with Gasteiger partial charge < -0.3 is 15.4 Å². The standard InChI is InChI=1S/C12H18N2O2/c1-4-13-12(15)14-8-16-11-6-5-9(2)10(3)7-11/h5-7H,4,8H2,1-3H3,(H2,13,14,15). The second-order valence-electron chi connectivity index (χ2n) is 3.57. The predicted molar refractivity (Wildman–Crippen MR) is 63.6 cm³/mol. The number of carbonyl (C=O) groups is 1. The summed E-state index contributed by atoms with van der Waals surface area (Å²) in [7, 11) is 0. The van der Waals surface area contributed by atoms with E-state index in [4.69, 9.17) is 4.74 Å². The van der Waals surface area contributed by atoms with Crippen LogP contribution in [0.5, 0.6) is 5.75 Å². The number of nitrogens with one attached hydrogen (secondary N) is 2. The molecule has 0 aliphatic carbocycles. The van der Waals surface area contributed by atoms with E-state index in [0.717, 1.165) is 5.75 Å². The van der Waals surface area contributed by atoms with Crippen LogP contribution in [0.4, 0.5) is 4.79 Å². The summed E-state index contributed by atoms with van der Waals surface area (Å²) in [6.45, 7) is 6.72. The molecule has 0 spiro atoms. The lowest BCUT2D eigenvalue weighted by atomic mass is 10.1. The minimum atomic E-state index is -0.216. The molecule has 2 N–H and O–H groups in total. The molecule has 0 aromatic heterocycles. The molecule has 4 nitrogen and oxygen atoms in total. The maximum absolute atomic E-state index is 11.1. The first-order valence-corrected chi connectivity index (χ1v) is 5.35. The van der Waals surface area contributed by atoms with Crippen LogP contribution in [-0.2, 0) is 0 Å². The first kappa shape index (κ1) is 12.4. The first-order valence-electron chi connectivity index (χ1n) is 5.35. The molecule has 0 bridgehead atoms. The van der Waals surface area contributed by atoms with Crippen LogP contribution in [0.2, 0.25) is 0 Å². The largest absolute Gasteiger partial charge is 0.473 e. The van der Waals surface area contributed by atoms with Crippen molar-refractivity contribution in [2.24, 2.45) is 0 Å². The number of hydrogen-bond donors (Lipinski definition) is 2. The molecule has 0 atom stereocenters. The number of rotatable bonds is 4. The lowest BCUT2D eigenvalue weighted by molar-refractivity contribution is 0.224. The molecule has 0 saturated carbocycles. The zero-order valence-corrected chi connectivity index (χ0v) is 9.96. The summed E-state index contributed by atoms with van der Waals surface area (Å²) in [5, 5.41) is 5.22. The summed E-state index contributed by atoms with van der Waals surface area (Å²) in [5.74, 6) is 0.764. The Balaban J connectivity index is 2.37. The molecule has 0 heterocycles. The summed E-state index contributed by atoms with van der Waals surface area (Å²) in [5.41, 5.74) is 2.40. The number of carbonyl (C=O) groups excluding carboxylic acids is 1. The minimum absolute atomic E-state index is 0.175. The SMILES string of the molecule is CCNC(=O)NCOc1ccc(C)c(C)c1. The van der Waals surface area contributed by atoms with E-state index < -0.39 is 0 Å². The van der Waals surface area contributed by atoms with Crippen molar-refractivity contribution in [2.45, 2.75) is 20.8 Å². The summed E-state index contributed by atoms with van der Waals surface area (Å²) in [4.78, 5) is 11.1. The molecule has 4 heteroatoms. The van der Waals surface area contributed by atoms with Gasteiger partial charge in [0.15, 0.2) is 6.73 Å². The molecule has 1 aromatic rings. The molecule has 1 aromatic carbocycles. The van der Waals surface area contributed by atoms with E-state index in [2.05, 4.69) is 10.6 Å². The van der Waals surface area contributed by atoms with Gasteiger partial charge in [0.2, 0.25) is 0 Å². The van der Waals surface area contributed by atoms with Crippen molar-refractivity contribution in [1.82, 2.24) is 10.6 Å². The molecular formula is C12H18N2O2. The zero-order chi connectivity index (χ0) is 12.0. The summed E-state index contributed by atoms with van der Waals surface area (Å²) in [6.07, 6.45) is 0. The third-order valence-electron chi connectivity index (χ3n) is 2.29. The number of amides is 2. The van der Waals surface area contributed by atoms with Crippen molar-refractivity contribution in [3.8, 4) is 5.75 Å². The highest BCUT2D eigenvalue weighted by Crippen LogP contribution is 2.15. The van der Waals surface area contributed by atoms with Crippen LogP contribution in [0, 0.1) is 13.8 Å². The number of ether oxygens (including phenoxy) is 1. The Bertz CT molecular complexity index is 364. The Kier molecular flexibility index (Phi) is 4.64. The zero-order valence-electron chi connectivity index (χ0n) is 9.96. The van der Waals surface area contributed by atoms with Gasteiger partial charge in [0, 0.05) is 6.54 Å². The van der Waals surface area contributed by atoms with Crippen molar-refractivity contribution >= 4 is 6.03 Å². The second kappa shape index (κ2) is 6.00. The Labute approximate surface area is 96.0 Å². The van der Waals surface area contributed by atoms with Crippen LogP contribution in [0.25, 0.3) is 0 Å². The Morgan fingerprint density at radius 3 is 2.62 bits per heavy atom. The van der Waals surface area contributed by atoms with Crippen molar-refractivity contribution in [3.05, 3.63) is 29.3 Å². The average Bonchev–Trinajstić information content (AvgIpc) is 2.24. The van der Waals surface area contributed by atoms with E-state index in [-0.39, 0.29) is 12.8 Å². The topological polar surface area (TPSA) is 50.4 Å². The van der Waals surface area contributed by atoms with Gasteiger partial charge in [-0.25, -0.2) is 4.79 Å². The fourth-order valence-corrected chi connectivity index (χ4v) is 1.21. The van der Waals surface area contributed by atoms with Gasteiger partial charge in [-0.05, 0) is 44.0 Å². The number of benzene rings is 1. The highest BCUT2D eigenvalue weighted by Gasteiger charge is 1.99. The number of hydrogen-bond acceptors (Lipinski definition) is 2. The smallest absolute Gasteiger partial charge is 0.317 e. The Morgan fingerprint density at radius 2 is 2.00 bits per heavy atom. The highest BCUT2D eigenvalue weighted by molar-refractivity contribution is 5.73. The number of aryl methyl sites for hydroxylation is 2. The van der Waals surface area contributed by atoms with E-state index in [1.54, 1.807) is 0 Å². The van der Waals surface area contributed by atoms with Crippen LogP contribution < -0.4 is 15.4 Å². The predicted octanol–water partition coefficient (Wildman–Crippen LogP) is 1.96. The molecule has 0 radical (unpaired) electrons. The van der Waals surface area contributed by atoms with Crippen LogP contribution in [0.1, 0.15) is 18.1 Å². The van der Waals surface area contributed by atoms with E-state index in [9.17, 15) is 4.79 Å². The summed E-state index contributed by atoms with van der Waals surface area (Å²) in [6, 6.07) is 5.62. The second-order valence-corrected chi connectivity index (χ2v) is 3.57. The van der Waals surface area contributed by atoms with Crippen LogP contribution in [0.3, 0.4) is 0 Å². The molecule has 0 aliphatic heterocycles. The van der Waals surface area contributed by atoms with E-state index in [0.29, 0.717) is 6.54 Å². The van der Waals surface area contributed by atoms with E-state index in [1.807, 2.05) is 39.0 Å². The molecule has 2 amide bonds. The number of urea groups is 1. The fourth-order valence-electron chi connectivity index (χ4n) is 1.21. The average molecular weight is 222 g/mol. The van der Waals surface area contributed by atoms with Gasteiger partial charge in [-0.15, -0.1) is 0 Å². The van der Waals surface area contributed by atoms with Crippen LogP contribution in [-0.4, -0.2) is 19.3 Å². The van der Waals surface area contributed by atoms with Gasteiger partial charge in [-0.2, -0.15) is 0 Å². The normalized spacial score (nSPS) is 9.69. The van der Waals surface area contributed by atoms with E-state index >= 15 is 0 Å². The highest BCUT2D eigenvalue weighted by atomic mass is 16.5. The summed E-state index contributed by atoms with van der Waals surface area (Å²) < 4.78 is 5.39.